The first-order chi connectivity index (χ1) is 9.29. The molecule has 2 aliphatic rings. The fraction of sp³-hybridized carbons (Fsp3) is 0.700. The quantitative estimate of drug-likeness (QED) is 0.433. The molecule has 112 valence electrons. The number of alkyl halides is 1. The van der Waals surface area contributed by atoms with Crippen molar-refractivity contribution in [3.05, 3.63) is 0 Å². The second-order valence-corrected chi connectivity index (χ2v) is 4.61. The summed E-state index contributed by atoms with van der Waals surface area (Å²) in [5.74, 6) is -3.58. The number of rotatable bonds is 3. The summed E-state index contributed by atoms with van der Waals surface area (Å²) in [7, 11) is 0. The van der Waals surface area contributed by atoms with Crippen LogP contribution >= 0.6 is 0 Å². The number of aliphatic hydroxyl groups is 2. The van der Waals surface area contributed by atoms with Crippen molar-refractivity contribution in [1.82, 2.24) is 10.2 Å². The lowest BCUT2D eigenvalue weighted by Gasteiger charge is -2.36. The topological polar surface area (TPSA) is 136 Å². The number of nitrogens with one attached hydrogen (secondary N) is 1. The molecular weight excluding hydrogens is 279 g/mol. The number of imide groups is 1. The SMILES string of the molecule is O=C1NC(=O)C(F)(C(=O)O)CN1[C@H]1C[C@H](O)[C@@H](CO)O1. The average Bonchev–Trinajstić information content (AvgIpc) is 2.74. The molecule has 0 aromatic rings. The van der Waals surface area contributed by atoms with Crippen molar-refractivity contribution >= 4 is 17.9 Å². The van der Waals surface area contributed by atoms with E-state index in [1.165, 1.54) is 0 Å². The van der Waals surface area contributed by atoms with Gasteiger partial charge in [0.2, 0.25) is 0 Å². The molecule has 4 atom stereocenters. The van der Waals surface area contributed by atoms with Crippen molar-refractivity contribution in [2.75, 3.05) is 13.2 Å². The number of nitrogens with zero attached hydrogens (tertiary/aromatic N) is 1. The maximum atomic E-state index is 14.1. The molecule has 0 aromatic carbocycles. The van der Waals surface area contributed by atoms with Gasteiger partial charge in [0.05, 0.1) is 19.3 Å². The normalized spacial score (nSPS) is 38.0. The van der Waals surface area contributed by atoms with Crippen molar-refractivity contribution in [2.24, 2.45) is 0 Å². The van der Waals surface area contributed by atoms with Gasteiger partial charge in [-0.25, -0.2) is 14.0 Å². The number of ether oxygens (including phenoxy) is 1. The summed E-state index contributed by atoms with van der Waals surface area (Å²) in [5.41, 5.74) is -3.28. The zero-order valence-electron chi connectivity index (χ0n) is 10.2. The van der Waals surface area contributed by atoms with Crippen LogP contribution in [0.4, 0.5) is 9.18 Å². The highest BCUT2D eigenvalue weighted by Crippen LogP contribution is 2.28. The zero-order chi connectivity index (χ0) is 15.1. The maximum absolute atomic E-state index is 14.1. The van der Waals surface area contributed by atoms with Gasteiger partial charge in [-0.2, -0.15) is 0 Å². The molecule has 0 radical (unpaired) electrons. The maximum Gasteiger partial charge on any atom is 0.353 e. The molecule has 0 bridgehead atoms. The predicted octanol–water partition coefficient (Wildman–Crippen LogP) is -2.20. The van der Waals surface area contributed by atoms with Crippen LogP contribution in [0.1, 0.15) is 6.42 Å². The molecule has 0 saturated carbocycles. The Hall–Kier alpha value is -1.78. The van der Waals surface area contributed by atoms with E-state index in [4.69, 9.17) is 14.9 Å². The van der Waals surface area contributed by atoms with Crippen LogP contribution in [0, 0.1) is 0 Å². The molecular formula is C10H13FN2O7. The molecule has 2 saturated heterocycles. The number of hydrogen-bond donors (Lipinski definition) is 4. The highest BCUT2D eigenvalue weighted by Gasteiger charge is 2.55. The number of aliphatic carboxylic acids is 1. The van der Waals surface area contributed by atoms with Crippen LogP contribution in [0.15, 0.2) is 0 Å². The smallest absolute Gasteiger partial charge is 0.353 e. The minimum atomic E-state index is -3.28. The number of urea groups is 1. The van der Waals surface area contributed by atoms with Gasteiger partial charge in [-0.3, -0.25) is 15.0 Å². The molecule has 2 heterocycles. The van der Waals surface area contributed by atoms with E-state index in [0.717, 1.165) is 0 Å². The van der Waals surface area contributed by atoms with Gasteiger partial charge < -0.3 is 20.1 Å². The molecule has 1 unspecified atom stereocenters. The van der Waals surface area contributed by atoms with Gasteiger partial charge in [-0.1, -0.05) is 0 Å². The Balaban J connectivity index is 2.18. The summed E-state index contributed by atoms with van der Waals surface area (Å²) in [5, 5.41) is 28.8. The second-order valence-electron chi connectivity index (χ2n) is 4.61. The minimum Gasteiger partial charge on any atom is -0.478 e. The van der Waals surface area contributed by atoms with E-state index in [1.54, 1.807) is 5.32 Å². The van der Waals surface area contributed by atoms with Gasteiger partial charge in [0, 0.05) is 6.42 Å². The Morgan fingerprint density at radius 2 is 2.20 bits per heavy atom. The van der Waals surface area contributed by atoms with Crippen LogP contribution in [0.25, 0.3) is 0 Å². The zero-order valence-corrected chi connectivity index (χ0v) is 10.2. The predicted molar refractivity (Wildman–Crippen MR) is 58.1 cm³/mol. The molecule has 0 aliphatic carbocycles. The number of aliphatic hydroxyl groups excluding tert-OH is 2. The van der Waals surface area contributed by atoms with Gasteiger partial charge >= 0.3 is 17.7 Å². The summed E-state index contributed by atoms with van der Waals surface area (Å²) in [6.07, 6.45) is -3.27. The molecule has 2 fully saturated rings. The van der Waals surface area contributed by atoms with E-state index >= 15 is 0 Å². The molecule has 0 spiro atoms. The first-order valence-electron chi connectivity index (χ1n) is 5.78. The number of amides is 3. The van der Waals surface area contributed by atoms with Crippen LogP contribution < -0.4 is 5.32 Å². The van der Waals surface area contributed by atoms with E-state index in [-0.39, 0.29) is 6.42 Å². The molecule has 10 heteroatoms. The van der Waals surface area contributed by atoms with Gasteiger partial charge in [0.15, 0.2) is 0 Å². The number of carbonyl (C=O) groups excluding carboxylic acids is 2. The highest BCUT2D eigenvalue weighted by atomic mass is 19.1. The third kappa shape index (κ3) is 2.21. The number of carboxylic acids is 1. The highest BCUT2D eigenvalue weighted by molar-refractivity contribution is 6.13. The fourth-order valence-electron chi connectivity index (χ4n) is 2.12. The summed E-state index contributed by atoms with van der Waals surface area (Å²) >= 11 is 0. The Morgan fingerprint density at radius 1 is 1.55 bits per heavy atom. The average molecular weight is 292 g/mol. The summed E-state index contributed by atoms with van der Waals surface area (Å²) in [6.45, 7) is -1.53. The van der Waals surface area contributed by atoms with Crippen molar-refractivity contribution in [3.8, 4) is 0 Å². The summed E-state index contributed by atoms with van der Waals surface area (Å²) in [6, 6.07) is -1.01. The number of carboxylic acid groups (broad SMARTS) is 1. The van der Waals surface area contributed by atoms with E-state index < -0.39 is 55.2 Å². The fourth-order valence-corrected chi connectivity index (χ4v) is 2.12. The van der Waals surface area contributed by atoms with Crippen LogP contribution in [0.2, 0.25) is 0 Å². The van der Waals surface area contributed by atoms with Crippen LogP contribution in [0.3, 0.4) is 0 Å². The van der Waals surface area contributed by atoms with E-state index in [1.807, 2.05) is 0 Å². The molecule has 20 heavy (non-hydrogen) atoms. The Bertz CT molecular complexity index is 459. The number of halogens is 1. The molecule has 4 N–H and O–H groups in total. The molecule has 2 rings (SSSR count). The van der Waals surface area contributed by atoms with Crippen LogP contribution in [-0.2, 0) is 14.3 Å². The van der Waals surface area contributed by atoms with E-state index in [2.05, 4.69) is 0 Å². The standard InChI is InChI=1S/C10H13FN2O7/c11-10(8(17)18)3-13(9(19)12-7(10)16)6-1-4(15)5(2-14)20-6/h4-6,14-15H,1-3H2,(H,17,18)(H,12,16,19)/t4-,5+,6+,10?/m0/s1. The van der Waals surface area contributed by atoms with Gasteiger partial charge in [-0.15, -0.1) is 0 Å². The van der Waals surface area contributed by atoms with Crippen LogP contribution in [0.5, 0.6) is 0 Å². The number of hydrogen-bond acceptors (Lipinski definition) is 6. The van der Waals surface area contributed by atoms with Crippen molar-refractivity contribution < 1.29 is 38.8 Å². The van der Waals surface area contributed by atoms with Crippen molar-refractivity contribution in [3.63, 3.8) is 0 Å². The number of carbonyl (C=O) groups is 3. The first kappa shape index (κ1) is 14.6. The Kier molecular flexibility index (Phi) is 3.63. The lowest BCUT2D eigenvalue weighted by Crippen LogP contribution is -2.67. The van der Waals surface area contributed by atoms with Crippen LogP contribution in [-0.4, -0.2) is 75.4 Å². The Labute approximate surface area is 111 Å². The van der Waals surface area contributed by atoms with Crippen molar-refractivity contribution in [2.45, 2.75) is 30.5 Å². The third-order valence-electron chi connectivity index (χ3n) is 3.30. The van der Waals surface area contributed by atoms with Gasteiger partial charge in [0.25, 0.3) is 5.91 Å². The summed E-state index contributed by atoms with van der Waals surface area (Å²) < 4.78 is 19.2. The van der Waals surface area contributed by atoms with E-state index in [9.17, 15) is 23.9 Å². The lowest BCUT2D eigenvalue weighted by molar-refractivity contribution is -0.163. The monoisotopic (exact) mass is 292 g/mol. The van der Waals surface area contributed by atoms with E-state index in [0.29, 0.717) is 4.90 Å². The largest absolute Gasteiger partial charge is 0.478 e. The van der Waals surface area contributed by atoms with Crippen molar-refractivity contribution in [1.29, 1.82) is 0 Å². The second kappa shape index (κ2) is 4.96. The molecule has 0 aromatic heterocycles. The molecule has 9 nitrogen and oxygen atoms in total. The lowest BCUT2D eigenvalue weighted by atomic mass is 10.0. The Morgan fingerprint density at radius 3 is 2.70 bits per heavy atom. The molecule has 3 amide bonds. The molecule has 2 aliphatic heterocycles. The third-order valence-corrected chi connectivity index (χ3v) is 3.30. The van der Waals surface area contributed by atoms with Gasteiger partial charge in [0.1, 0.15) is 12.3 Å². The van der Waals surface area contributed by atoms with Gasteiger partial charge in [-0.05, 0) is 0 Å². The minimum absolute atomic E-state index is 0.122. The first-order valence-corrected chi connectivity index (χ1v) is 5.78. The summed E-state index contributed by atoms with van der Waals surface area (Å²) in [4.78, 5) is 34.4.